The van der Waals surface area contributed by atoms with Gasteiger partial charge in [0.15, 0.2) is 0 Å². The lowest BCUT2D eigenvalue weighted by atomic mass is 9.98. The first kappa shape index (κ1) is 15.6. The summed E-state index contributed by atoms with van der Waals surface area (Å²) in [4.78, 5) is 12.1. The van der Waals surface area contributed by atoms with Gasteiger partial charge >= 0.3 is 5.63 Å². The average Bonchev–Trinajstić information content (AvgIpc) is 3.01. The first-order chi connectivity index (χ1) is 13.2. The van der Waals surface area contributed by atoms with E-state index in [1.807, 2.05) is 61.5 Å². The fraction of sp³-hybridized carbons (Fsp3) is 0.0417. The fourth-order valence-corrected chi connectivity index (χ4v) is 3.70. The van der Waals surface area contributed by atoms with Crippen LogP contribution in [0.25, 0.3) is 44.2 Å². The van der Waals surface area contributed by atoms with Crippen LogP contribution in [0, 0.1) is 6.92 Å². The van der Waals surface area contributed by atoms with Gasteiger partial charge in [-0.2, -0.15) is 0 Å². The van der Waals surface area contributed by atoms with Crippen LogP contribution in [-0.4, -0.2) is 0 Å². The smallest absolute Gasteiger partial charge is 0.336 e. The molecule has 0 aliphatic rings. The van der Waals surface area contributed by atoms with E-state index in [1.54, 1.807) is 6.07 Å². The van der Waals surface area contributed by atoms with Gasteiger partial charge in [0.05, 0.1) is 0 Å². The normalized spacial score (nSPS) is 11.3. The summed E-state index contributed by atoms with van der Waals surface area (Å²) in [6.45, 7) is 1.96. The van der Waals surface area contributed by atoms with Crippen LogP contribution >= 0.6 is 0 Å². The summed E-state index contributed by atoms with van der Waals surface area (Å²) >= 11 is 0. The summed E-state index contributed by atoms with van der Waals surface area (Å²) < 4.78 is 11.5. The molecule has 3 heteroatoms. The van der Waals surface area contributed by atoms with Crippen LogP contribution < -0.4 is 5.63 Å². The van der Waals surface area contributed by atoms with E-state index in [4.69, 9.17) is 8.83 Å². The molecule has 27 heavy (non-hydrogen) atoms. The van der Waals surface area contributed by atoms with Crippen molar-refractivity contribution in [2.45, 2.75) is 6.92 Å². The number of rotatable bonds is 2. The van der Waals surface area contributed by atoms with Crippen molar-refractivity contribution in [3.8, 4) is 22.3 Å². The van der Waals surface area contributed by atoms with Crippen LogP contribution in [0.15, 0.2) is 92.5 Å². The van der Waals surface area contributed by atoms with Crippen molar-refractivity contribution < 1.29 is 8.83 Å². The van der Waals surface area contributed by atoms with E-state index in [0.717, 1.165) is 38.8 Å². The summed E-state index contributed by atoms with van der Waals surface area (Å²) in [6, 6.07) is 25.5. The molecule has 0 atom stereocenters. The lowest BCUT2D eigenvalue weighted by Crippen LogP contribution is -1.98. The first-order valence-electron chi connectivity index (χ1n) is 8.82. The van der Waals surface area contributed by atoms with E-state index in [1.165, 1.54) is 0 Å². The molecule has 0 fully saturated rings. The Labute approximate surface area is 155 Å². The predicted molar refractivity (Wildman–Crippen MR) is 108 cm³/mol. The summed E-state index contributed by atoms with van der Waals surface area (Å²) in [6.07, 6.45) is 0. The van der Waals surface area contributed by atoms with Crippen LogP contribution in [0.1, 0.15) is 5.76 Å². The second-order valence-corrected chi connectivity index (χ2v) is 6.59. The molecule has 0 aliphatic heterocycles. The molecule has 0 spiro atoms. The third-order valence-electron chi connectivity index (χ3n) is 4.88. The van der Waals surface area contributed by atoms with E-state index in [2.05, 4.69) is 18.2 Å². The summed E-state index contributed by atoms with van der Waals surface area (Å²) in [5.41, 5.74) is 4.89. The van der Waals surface area contributed by atoms with Gasteiger partial charge in [0, 0.05) is 28.5 Å². The molecule has 130 valence electrons. The van der Waals surface area contributed by atoms with Crippen molar-refractivity contribution in [2.75, 3.05) is 0 Å². The first-order valence-corrected chi connectivity index (χ1v) is 8.82. The Balaban J connectivity index is 1.89. The quantitative estimate of drug-likeness (QED) is 0.356. The zero-order valence-corrected chi connectivity index (χ0v) is 14.7. The molecule has 0 aliphatic carbocycles. The molecule has 0 radical (unpaired) electrons. The van der Waals surface area contributed by atoms with Crippen molar-refractivity contribution in [1.82, 2.24) is 0 Å². The third kappa shape index (κ3) is 2.56. The molecule has 2 aromatic heterocycles. The molecule has 5 aromatic rings. The molecular formula is C24H16O3. The number of fused-ring (bicyclic) bond motifs is 2. The van der Waals surface area contributed by atoms with Crippen LogP contribution in [0.3, 0.4) is 0 Å². The maximum absolute atomic E-state index is 12.1. The molecule has 2 heterocycles. The molecule has 3 aromatic carbocycles. The third-order valence-corrected chi connectivity index (χ3v) is 4.88. The standard InChI is InChI=1S/C24H16O3/c1-15-24(17-10-6-3-7-11-17)20-12-19-18(16-8-4-2-5-9-16)13-23(25)27-21(19)14-22(20)26-15/h2-14H,1H3. The zero-order valence-electron chi connectivity index (χ0n) is 14.7. The van der Waals surface area contributed by atoms with Gasteiger partial charge < -0.3 is 8.83 Å². The molecule has 5 rings (SSSR count). The lowest BCUT2D eigenvalue weighted by molar-refractivity contribution is 0.557. The van der Waals surface area contributed by atoms with Crippen molar-refractivity contribution in [3.63, 3.8) is 0 Å². The van der Waals surface area contributed by atoms with Crippen LogP contribution in [-0.2, 0) is 0 Å². The van der Waals surface area contributed by atoms with Crippen LogP contribution in [0.5, 0.6) is 0 Å². The average molecular weight is 352 g/mol. The van der Waals surface area contributed by atoms with Gasteiger partial charge in [-0.15, -0.1) is 0 Å². The Hall–Kier alpha value is -3.59. The summed E-state index contributed by atoms with van der Waals surface area (Å²) in [5, 5.41) is 1.91. The van der Waals surface area contributed by atoms with Crippen molar-refractivity contribution in [3.05, 3.63) is 95.0 Å². The molecule has 3 nitrogen and oxygen atoms in total. The molecular weight excluding hydrogens is 336 g/mol. The topological polar surface area (TPSA) is 43.4 Å². The molecule has 0 saturated carbocycles. The second kappa shape index (κ2) is 5.99. The molecule has 0 bridgehead atoms. The minimum absolute atomic E-state index is 0.368. The van der Waals surface area contributed by atoms with Gasteiger partial charge in [-0.1, -0.05) is 60.7 Å². The van der Waals surface area contributed by atoms with Crippen LogP contribution in [0.4, 0.5) is 0 Å². The Morgan fingerprint density at radius 2 is 1.30 bits per heavy atom. The Morgan fingerprint density at radius 1 is 0.667 bits per heavy atom. The minimum Gasteiger partial charge on any atom is -0.461 e. The Morgan fingerprint density at radius 3 is 2.00 bits per heavy atom. The van der Waals surface area contributed by atoms with Crippen molar-refractivity contribution in [2.24, 2.45) is 0 Å². The number of benzene rings is 3. The van der Waals surface area contributed by atoms with Gasteiger partial charge in [-0.25, -0.2) is 4.79 Å². The second-order valence-electron chi connectivity index (χ2n) is 6.59. The number of aryl methyl sites for hydroxylation is 1. The number of hydrogen-bond acceptors (Lipinski definition) is 3. The predicted octanol–water partition coefficient (Wildman–Crippen LogP) is 6.18. The van der Waals surface area contributed by atoms with E-state index in [0.29, 0.717) is 11.2 Å². The molecule has 0 saturated heterocycles. The van der Waals surface area contributed by atoms with Gasteiger partial charge in [0.25, 0.3) is 0 Å². The molecule has 0 unspecified atom stereocenters. The van der Waals surface area contributed by atoms with Crippen molar-refractivity contribution in [1.29, 1.82) is 0 Å². The SMILES string of the molecule is Cc1oc2cc3oc(=O)cc(-c4ccccc4)c3cc2c1-c1ccccc1. The summed E-state index contributed by atoms with van der Waals surface area (Å²) in [7, 11) is 0. The highest BCUT2D eigenvalue weighted by molar-refractivity contribution is 6.06. The Kier molecular flexibility index (Phi) is 3.47. The maximum Gasteiger partial charge on any atom is 0.336 e. The van der Waals surface area contributed by atoms with Gasteiger partial charge in [-0.05, 0) is 29.7 Å². The number of furan rings is 1. The van der Waals surface area contributed by atoms with Gasteiger partial charge in [0.2, 0.25) is 0 Å². The van der Waals surface area contributed by atoms with E-state index in [9.17, 15) is 4.79 Å². The Bertz CT molecular complexity index is 1330. The minimum atomic E-state index is -0.368. The van der Waals surface area contributed by atoms with E-state index >= 15 is 0 Å². The van der Waals surface area contributed by atoms with Crippen LogP contribution in [0.2, 0.25) is 0 Å². The monoisotopic (exact) mass is 352 g/mol. The van der Waals surface area contributed by atoms with Gasteiger partial charge in [0.1, 0.15) is 16.9 Å². The molecule has 0 N–H and O–H groups in total. The highest BCUT2D eigenvalue weighted by Gasteiger charge is 2.16. The van der Waals surface area contributed by atoms with Crippen molar-refractivity contribution >= 4 is 21.9 Å². The lowest BCUT2D eigenvalue weighted by Gasteiger charge is -2.06. The fourth-order valence-electron chi connectivity index (χ4n) is 3.70. The largest absolute Gasteiger partial charge is 0.461 e. The van der Waals surface area contributed by atoms with Gasteiger partial charge in [-0.3, -0.25) is 0 Å². The highest BCUT2D eigenvalue weighted by Crippen LogP contribution is 2.38. The number of hydrogen-bond donors (Lipinski definition) is 0. The maximum atomic E-state index is 12.1. The van der Waals surface area contributed by atoms with E-state index in [-0.39, 0.29) is 5.63 Å². The highest BCUT2D eigenvalue weighted by atomic mass is 16.4. The molecule has 0 amide bonds. The summed E-state index contributed by atoms with van der Waals surface area (Å²) in [5.74, 6) is 0.843. The zero-order chi connectivity index (χ0) is 18.4. The van der Waals surface area contributed by atoms with E-state index < -0.39 is 0 Å².